The van der Waals surface area contributed by atoms with Crippen molar-refractivity contribution in [1.29, 1.82) is 0 Å². The van der Waals surface area contributed by atoms with Crippen molar-refractivity contribution in [3.8, 4) is 0 Å². The number of nitrogens with zero attached hydrogens (tertiary/aromatic N) is 1. The number of rotatable bonds is 6. The third kappa shape index (κ3) is 4.78. The molecule has 102 valence electrons. The fraction of sp³-hybridized carbons (Fsp3) is 0.455. The molecule has 0 heterocycles. The highest BCUT2D eigenvalue weighted by Crippen LogP contribution is 2.28. The maximum absolute atomic E-state index is 10.7. The highest BCUT2D eigenvalue weighted by Gasteiger charge is 2.14. The second-order valence-electron chi connectivity index (χ2n) is 3.85. The highest BCUT2D eigenvalue weighted by atomic mass is 35.5. The summed E-state index contributed by atoms with van der Waals surface area (Å²) in [5.41, 5.74) is 12.0. The van der Waals surface area contributed by atoms with Crippen LogP contribution in [0.25, 0.3) is 0 Å². The van der Waals surface area contributed by atoms with Crippen molar-refractivity contribution in [2.75, 3.05) is 6.54 Å². The molecule has 4 N–H and O–H groups in total. The smallest absolute Gasteiger partial charge is 0.269 e. The van der Waals surface area contributed by atoms with Crippen LogP contribution in [-0.2, 0) is 0 Å². The van der Waals surface area contributed by atoms with E-state index in [0.717, 1.165) is 19.3 Å². The van der Waals surface area contributed by atoms with E-state index in [9.17, 15) is 10.1 Å². The number of nitro groups is 1. The summed E-state index contributed by atoms with van der Waals surface area (Å²) < 4.78 is 0. The molecule has 0 aromatic heterocycles. The molecule has 0 aliphatic heterocycles. The predicted molar refractivity (Wildman–Crippen MR) is 75.2 cm³/mol. The molecule has 0 fully saturated rings. The molecule has 0 unspecified atom stereocenters. The quantitative estimate of drug-likeness (QED) is 0.479. The minimum atomic E-state index is -0.452. The van der Waals surface area contributed by atoms with Crippen molar-refractivity contribution >= 4 is 29.7 Å². The molecule has 0 saturated heterocycles. The number of benzene rings is 1. The maximum Gasteiger partial charge on any atom is 0.269 e. The van der Waals surface area contributed by atoms with Gasteiger partial charge in [-0.05, 0) is 31.0 Å². The Hall–Kier alpha value is -0.880. The number of non-ortho nitro benzene ring substituents is 1. The molecule has 1 aromatic rings. The zero-order valence-corrected chi connectivity index (χ0v) is 11.4. The van der Waals surface area contributed by atoms with Crippen LogP contribution in [-0.4, -0.2) is 11.5 Å². The van der Waals surface area contributed by atoms with Crippen LogP contribution >= 0.6 is 24.0 Å². The molecule has 0 bridgehead atoms. The minimum Gasteiger partial charge on any atom is -0.330 e. The average molecular weight is 294 g/mol. The minimum absolute atomic E-state index is 0. The van der Waals surface area contributed by atoms with E-state index in [4.69, 9.17) is 23.1 Å². The van der Waals surface area contributed by atoms with E-state index in [1.54, 1.807) is 0 Å². The second-order valence-corrected chi connectivity index (χ2v) is 4.26. The van der Waals surface area contributed by atoms with Gasteiger partial charge in [0.05, 0.1) is 4.92 Å². The molecular formula is C11H17Cl2N3O2. The van der Waals surface area contributed by atoms with Crippen LogP contribution in [0.15, 0.2) is 18.2 Å². The first-order valence-corrected chi connectivity index (χ1v) is 5.83. The molecule has 0 aliphatic rings. The van der Waals surface area contributed by atoms with E-state index in [2.05, 4.69) is 0 Å². The van der Waals surface area contributed by atoms with Gasteiger partial charge in [0.25, 0.3) is 5.69 Å². The van der Waals surface area contributed by atoms with Crippen LogP contribution in [0.5, 0.6) is 0 Å². The first-order valence-electron chi connectivity index (χ1n) is 5.45. The molecule has 1 rings (SSSR count). The zero-order valence-electron chi connectivity index (χ0n) is 9.84. The Kier molecular flexibility index (Phi) is 7.86. The monoisotopic (exact) mass is 293 g/mol. The van der Waals surface area contributed by atoms with Crippen LogP contribution < -0.4 is 11.5 Å². The largest absolute Gasteiger partial charge is 0.330 e. The van der Waals surface area contributed by atoms with E-state index in [1.807, 2.05) is 0 Å². The highest BCUT2D eigenvalue weighted by molar-refractivity contribution is 6.31. The van der Waals surface area contributed by atoms with E-state index in [1.165, 1.54) is 18.2 Å². The SMILES string of the molecule is Cl.NCCCC[C@@H](N)c1cc([N+](=O)[O-])ccc1Cl. The molecule has 0 spiro atoms. The predicted octanol–water partition coefficient (Wildman–Crippen LogP) is 2.80. The van der Waals surface area contributed by atoms with Gasteiger partial charge in [0, 0.05) is 23.2 Å². The molecule has 1 atom stereocenters. The summed E-state index contributed by atoms with van der Waals surface area (Å²) in [5, 5.41) is 11.1. The van der Waals surface area contributed by atoms with Crippen molar-refractivity contribution in [2.24, 2.45) is 11.5 Å². The van der Waals surface area contributed by atoms with Gasteiger partial charge in [-0.25, -0.2) is 0 Å². The fourth-order valence-electron chi connectivity index (χ4n) is 1.59. The number of unbranched alkanes of at least 4 members (excludes halogenated alkanes) is 1. The van der Waals surface area contributed by atoms with E-state index < -0.39 is 4.92 Å². The zero-order chi connectivity index (χ0) is 12.8. The molecule has 0 aliphatic carbocycles. The molecule has 0 radical (unpaired) electrons. The lowest BCUT2D eigenvalue weighted by atomic mass is 10.0. The summed E-state index contributed by atoms with van der Waals surface area (Å²) in [6.07, 6.45) is 2.50. The summed E-state index contributed by atoms with van der Waals surface area (Å²) in [7, 11) is 0. The summed E-state index contributed by atoms with van der Waals surface area (Å²) in [5.74, 6) is 0. The van der Waals surface area contributed by atoms with Crippen LogP contribution in [0.1, 0.15) is 30.9 Å². The lowest BCUT2D eigenvalue weighted by Gasteiger charge is -2.13. The van der Waals surface area contributed by atoms with Gasteiger partial charge in [-0.1, -0.05) is 18.0 Å². The van der Waals surface area contributed by atoms with E-state index in [-0.39, 0.29) is 24.1 Å². The number of hydrogen-bond donors (Lipinski definition) is 2. The Labute approximate surface area is 117 Å². The van der Waals surface area contributed by atoms with Gasteiger partial charge in [0.1, 0.15) is 0 Å². The Balaban J connectivity index is 0.00000289. The summed E-state index contributed by atoms with van der Waals surface area (Å²) in [4.78, 5) is 10.2. The van der Waals surface area contributed by atoms with Crippen molar-refractivity contribution in [1.82, 2.24) is 0 Å². The van der Waals surface area contributed by atoms with Crippen molar-refractivity contribution in [3.05, 3.63) is 38.9 Å². The Morgan fingerprint density at radius 2 is 2.06 bits per heavy atom. The van der Waals surface area contributed by atoms with Crippen molar-refractivity contribution < 1.29 is 4.92 Å². The van der Waals surface area contributed by atoms with Gasteiger partial charge in [-0.15, -0.1) is 12.4 Å². The average Bonchev–Trinajstić information content (AvgIpc) is 2.29. The Morgan fingerprint density at radius 1 is 1.39 bits per heavy atom. The van der Waals surface area contributed by atoms with Gasteiger partial charge in [0.15, 0.2) is 0 Å². The molecule has 7 heteroatoms. The number of hydrogen-bond acceptors (Lipinski definition) is 4. The van der Waals surface area contributed by atoms with E-state index >= 15 is 0 Å². The van der Waals surface area contributed by atoms with Gasteiger partial charge >= 0.3 is 0 Å². The van der Waals surface area contributed by atoms with Gasteiger partial charge in [-0.2, -0.15) is 0 Å². The fourth-order valence-corrected chi connectivity index (χ4v) is 1.85. The Morgan fingerprint density at radius 3 is 2.61 bits per heavy atom. The third-order valence-corrected chi connectivity index (χ3v) is 2.90. The van der Waals surface area contributed by atoms with Crippen LogP contribution in [0, 0.1) is 10.1 Å². The summed E-state index contributed by atoms with van der Waals surface area (Å²) in [6, 6.07) is 4.04. The van der Waals surface area contributed by atoms with Crippen LogP contribution in [0.4, 0.5) is 5.69 Å². The Bertz CT molecular complexity index is 402. The normalized spacial score (nSPS) is 11.7. The van der Waals surface area contributed by atoms with Crippen LogP contribution in [0.3, 0.4) is 0 Å². The van der Waals surface area contributed by atoms with E-state index in [0.29, 0.717) is 17.1 Å². The third-order valence-electron chi connectivity index (χ3n) is 2.56. The number of halogens is 2. The lowest BCUT2D eigenvalue weighted by molar-refractivity contribution is -0.384. The molecular weight excluding hydrogens is 277 g/mol. The molecule has 0 amide bonds. The molecule has 5 nitrogen and oxygen atoms in total. The number of nitro benzene ring substituents is 1. The first-order chi connectivity index (χ1) is 8.06. The topological polar surface area (TPSA) is 95.2 Å². The standard InChI is InChI=1S/C11H16ClN3O2.ClH/c12-10-5-4-8(15(16)17)7-9(10)11(14)3-1-2-6-13;/h4-5,7,11H,1-3,6,13-14H2;1H/t11-;/m1./s1. The lowest BCUT2D eigenvalue weighted by Crippen LogP contribution is -2.12. The number of nitrogens with two attached hydrogens (primary N) is 2. The van der Waals surface area contributed by atoms with Gasteiger partial charge in [0.2, 0.25) is 0 Å². The van der Waals surface area contributed by atoms with Gasteiger partial charge in [-0.3, -0.25) is 10.1 Å². The maximum atomic E-state index is 10.7. The molecule has 0 saturated carbocycles. The van der Waals surface area contributed by atoms with Crippen molar-refractivity contribution in [3.63, 3.8) is 0 Å². The summed E-state index contributed by atoms with van der Waals surface area (Å²) in [6.45, 7) is 0.620. The second kappa shape index (κ2) is 8.26. The van der Waals surface area contributed by atoms with Crippen LogP contribution in [0.2, 0.25) is 5.02 Å². The van der Waals surface area contributed by atoms with Crippen molar-refractivity contribution in [2.45, 2.75) is 25.3 Å². The van der Waals surface area contributed by atoms with Gasteiger partial charge < -0.3 is 11.5 Å². The molecule has 18 heavy (non-hydrogen) atoms. The first kappa shape index (κ1) is 17.1. The molecule has 1 aromatic carbocycles. The summed E-state index contributed by atoms with van der Waals surface area (Å²) >= 11 is 5.98.